The third-order valence-electron chi connectivity index (χ3n) is 5.66. The van der Waals surface area contributed by atoms with E-state index in [1.54, 1.807) is 36.4 Å². The summed E-state index contributed by atoms with van der Waals surface area (Å²) in [6.07, 6.45) is 4.41. The number of carboxylic acid groups (broad SMARTS) is 4. The molecule has 0 saturated heterocycles. The van der Waals surface area contributed by atoms with Crippen molar-refractivity contribution >= 4 is 29.5 Å². The molecule has 4 N–H and O–H groups in total. The molecule has 0 bridgehead atoms. The fourth-order valence-corrected chi connectivity index (χ4v) is 3.50. The molecule has 0 radical (unpaired) electrons. The molecule has 182 valence electrons. The maximum Gasteiger partial charge on any atom is 0.335 e. The van der Waals surface area contributed by atoms with Crippen LogP contribution >= 0.6 is 0 Å². The summed E-state index contributed by atoms with van der Waals surface area (Å²) >= 11 is 0. The lowest BCUT2D eigenvalue weighted by molar-refractivity contribution is -0.160. The van der Waals surface area contributed by atoms with Gasteiger partial charge in [0.1, 0.15) is 0 Å². The van der Waals surface area contributed by atoms with E-state index in [0.717, 1.165) is 22.3 Å². The molecule has 4 rings (SSSR count). The van der Waals surface area contributed by atoms with Crippen molar-refractivity contribution in [3.8, 4) is 11.1 Å². The summed E-state index contributed by atoms with van der Waals surface area (Å²) in [5, 5.41) is 35.7. The molecule has 0 heterocycles. The number of rotatable bonds is 6. The molecule has 1 aliphatic rings. The Labute approximate surface area is 206 Å². The quantitative estimate of drug-likeness (QED) is 0.358. The van der Waals surface area contributed by atoms with Gasteiger partial charge in [0, 0.05) is 0 Å². The zero-order valence-electron chi connectivity index (χ0n) is 18.9. The fraction of sp³-hybridized carbons (Fsp3) is 0.0714. The molecule has 0 aliphatic heterocycles. The van der Waals surface area contributed by atoms with E-state index in [2.05, 4.69) is 0 Å². The van der Waals surface area contributed by atoms with E-state index in [1.807, 2.05) is 30.3 Å². The van der Waals surface area contributed by atoms with E-state index in [0.29, 0.717) is 0 Å². The van der Waals surface area contributed by atoms with Crippen molar-refractivity contribution in [2.24, 2.45) is 5.41 Å². The second kappa shape index (κ2) is 11.0. The fourth-order valence-electron chi connectivity index (χ4n) is 3.50. The molecule has 8 nitrogen and oxygen atoms in total. The molecule has 0 amide bonds. The average Bonchev–Trinajstić information content (AvgIpc) is 2.89. The maximum absolute atomic E-state index is 11.1. The Hall–Kier alpha value is -4.98. The third-order valence-corrected chi connectivity index (χ3v) is 5.66. The molecule has 3 aromatic carbocycles. The van der Waals surface area contributed by atoms with Gasteiger partial charge < -0.3 is 20.4 Å². The minimum atomic E-state index is -1.84. The molecule has 36 heavy (non-hydrogen) atoms. The van der Waals surface area contributed by atoms with E-state index >= 15 is 0 Å². The molecular formula is C28H22O8. The second-order valence-corrected chi connectivity index (χ2v) is 7.91. The van der Waals surface area contributed by atoms with Gasteiger partial charge in [-0.05, 0) is 52.9 Å². The Morgan fingerprint density at radius 3 is 1.36 bits per heavy atom. The average molecular weight is 486 g/mol. The zero-order chi connectivity index (χ0) is 26.3. The van der Waals surface area contributed by atoms with Crippen LogP contribution in [0.5, 0.6) is 0 Å². The van der Waals surface area contributed by atoms with Gasteiger partial charge in [-0.1, -0.05) is 72.8 Å². The molecule has 1 aliphatic carbocycles. The lowest BCUT2D eigenvalue weighted by atomic mass is 9.79. The highest BCUT2D eigenvalue weighted by molar-refractivity contribution is 6.02. The predicted molar refractivity (Wildman–Crippen MR) is 132 cm³/mol. The van der Waals surface area contributed by atoms with E-state index in [-0.39, 0.29) is 17.5 Å². The second-order valence-electron chi connectivity index (χ2n) is 7.91. The largest absolute Gasteiger partial charge is 0.480 e. The number of benzene rings is 3. The van der Waals surface area contributed by atoms with Crippen molar-refractivity contribution in [3.63, 3.8) is 0 Å². The lowest BCUT2D eigenvalue weighted by Crippen LogP contribution is -2.38. The molecule has 0 fully saturated rings. The van der Waals surface area contributed by atoms with Crippen molar-refractivity contribution in [1.82, 2.24) is 0 Å². The molecule has 0 aromatic heterocycles. The number of carboxylic acids is 4. The van der Waals surface area contributed by atoms with E-state index in [4.69, 9.17) is 20.4 Å². The van der Waals surface area contributed by atoms with Crippen LogP contribution in [-0.2, 0) is 9.59 Å². The Morgan fingerprint density at radius 1 is 0.583 bits per heavy atom. The van der Waals surface area contributed by atoms with Crippen LogP contribution in [0.3, 0.4) is 0 Å². The Morgan fingerprint density at radius 2 is 1.03 bits per heavy atom. The van der Waals surface area contributed by atoms with Gasteiger partial charge in [-0.15, -0.1) is 0 Å². The first-order valence-electron chi connectivity index (χ1n) is 10.7. The highest BCUT2D eigenvalue weighted by Crippen LogP contribution is 2.33. The van der Waals surface area contributed by atoms with Crippen molar-refractivity contribution in [2.75, 3.05) is 0 Å². The highest BCUT2D eigenvalue weighted by Gasteiger charge is 2.44. The molecule has 3 aromatic rings. The van der Waals surface area contributed by atoms with Crippen LogP contribution in [-0.4, -0.2) is 44.3 Å². The SMILES string of the molecule is O=C(O)C1(C(=O)O)C=CC(c2ccccc2)=CC1.O=C(O)c1ccc(-c2ccc(C(=O)O)cc2)cc1. The first-order valence-corrected chi connectivity index (χ1v) is 10.7. The maximum atomic E-state index is 11.1. The van der Waals surface area contributed by atoms with Crippen LogP contribution in [0.4, 0.5) is 0 Å². The third kappa shape index (κ3) is 5.74. The van der Waals surface area contributed by atoms with Gasteiger partial charge >= 0.3 is 23.9 Å². The lowest BCUT2D eigenvalue weighted by Gasteiger charge is -2.23. The van der Waals surface area contributed by atoms with E-state index in [9.17, 15) is 19.2 Å². The van der Waals surface area contributed by atoms with Gasteiger partial charge in [0.05, 0.1) is 11.1 Å². The van der Waals surface area contributed by atoms with Crippen LogP contribution in [0.15, 0.2) is 97.1 Å². The van der Waals surface area contributed by atoms with Crippen LogP contribution in [0.1, 0.15) is 32.7 Å². The smallest absolute Gasteiger partial charge is 0.335 e. The summed E-state index contributed by atoms with van der Waals surface area (Å²) < 4.78 is 0. The number of aromatic carboxylic acids is 2. The molecular weight excluding hydrogens is 464 g/mol. The van der Waals surface area contributed by atoms with Crippen molar-refractivity contribution in [2.45, 2.75) is 6.42 Å². The number of allylic oxidation sites excluding steroid dienone is 3. The van der Waals surface area contributed by atoms with Crippen molar-refractivity contribution in [3.05, 3.63) is 114 Å². The van der Waals surface area contributed by atoms with Gasteiger partial charge in [0.15, 0.2) is 5.41 Å². The van der Waals surface area contributed by atoms with Crippen LogP contribution in [0.25, 0.3) is 16.7 Å². The minimum Gasteiger partial charge on any atom is -0.480 e. The van der Waals surface area contributed by atoms with Crippen LogP contribution in [0.2, 0.25) is 0 Å². The van der Waals surface area contributed by atoms with Gasteiger partial charge in [0.2, 0.25) is 0 Å². The topological polar surface area (TPSA) is 149 Å². The van der Waals surface area contributed by atoms with E-state index in [1.165, 1.54) is 30.3 Å². The Kier molecular flexibility index (Phi) is 7.81. The standard InChI is InChI=1S/C14H10O4.C14H12O4/c15-13(16)11-5-1-9(2-6-11)10-3-7-12(8-4-10)14(17)18;15-12(16)14(13(17)18)8-6-11(7-9-14)10-4-2-1-3-5-10/h1-8H,(H,15,16)(H,17,18);1-8H,9H2,(H,15,16)(H,17,18). The summed E-state index contributed by atoms with van der Waals surface area (Å²) in [4.78, 5) is 43.6. The zero-order valence-corrected chi connectivity index (χ0v) is 18.9. The van der Waals surface area contributed by atoms with Crippen molar-refractivity contribution < 1.29 is 39.6 Å². The summed E-state index contributed by atoms with van der Waals surface area (Å²) in [7, 11) is 0. The minimum absolute atomic E-state index is 0.0433. The molecule has 0 spiro atoms. The number of aliphatic carboxylic acids is 2. The Bertz CT molecular complexity index is 1270. The molecule has 0 saturated carbocycles. The number of carbonyl (C=O) groups is 4. The molecule has 8 heteroatoms. The van der Waals surface area contributed by atoms with Gasteiger partial charge in [-0.25, -0.2) is 9.59 Å². The highest BCUT2D eigenvalue weighted by atomic mass is 16.4. The Balaban J connectivity index is 0.000000201. The van der Waals surface area contributed by atoms with Crippen LogP contribution < -0.4 is 0 Å². The summed E-state index contributed by atoms with van der Waals surface area (Å²) in [6, 6.07) is 22.3. The van der Waals surface area contributed by atoms with Gasteiger partial charge in [0.25, 0.3) is 0 Å². The normalized spacial score (nSPS) is 13.5. The van der Waals surface area contributed by atoms with Crippen molar-refractivity contribution in [1.29, 1.82) is 0 Å². The van der Waals surface area contributed by atoms with E-state index < -0.39 is 29.3 Å². The monoisotopic (exact) mass is 486 g/mol. The van der Waals surface area contributed by atoms with Gasteiger partial charge in [-0.3, -0.25) is 9.59 Å². The van der Waals surface area contributed by atoms with Gasteiger partial charge in [-0.2, -0.15) is 0 Å². The first-order chi connectivity index (χ1) is 17.1. The summed E-state index contributed by atoms with van der Waals surface area (Å²) in [6.45, 7) is 0. The summed E-state index contributed by atoms with van der Waals surface area (Å²) in [5.74, 6) is -4.62. The summed E-state index contributed by atoms with van der Waals surface area (Å²) in [5.41, 5.74) is 2.08. The number of hydrogen-bond acceptors (Lipinski definition) is 4. The predicted octanol–water partition coefficient (Wildman–Crippen LogP) is 4.94. The van der Waals surface area contributed by atoms with Crippen LogP contribution in [0, 0.1) is 5.41 Å². The first kappa shape index (κ1) is 25.6. The molecule has 0 atom stereocenters. The molecule has 0 unspecified atom stereocenters. The number of hydrogen-bond donors (Lipinski definition) is 4.